The molecule has 96 valence electrons. The number of hydrogen-bond acceptors (Lipinski definition) is 3. The second-order valence-electron chi connectivity index (χ2n) is 5.65. The number of rotatable bonds is 0. The van der Waals surface area contributed by atoms with Gasteiger partial charge < -0.3 is 9.84 Å². The van der Waals surface area contributed by atoms with E-state index in [1.807, 2.05) is 13.0 Å². The first-order valence-electron chi connectivity index (χ1n) is 6.44. The number of aliphatic hydroxyl groups is 1. The van der Waals surface area contributed by atoms with Gasteiger partial charge in [-0.25, -0.2) is 4.79 Å². The zero-order valence-corrected chi connectivity index (χ0v) is 10.6. The maximum absolute atomic E-state index is 11.7. The van der Waals surface area contributed by atoms with E-state index < -0.39 is 6.10 Å². The quantitative estimate of drug-likeness (QED) is 0.404. The Morgan fingerprint density at radius 1 is 1.39 bits per heavy atom. The van der Waals surface area contributed by atoms with E-state index in [1.165, 1.54) is 0 Å². The van der Waals surface area contributed by atoms with Gasteiger partial charge in [0.05, 0.1) is 6.10 Å². The van der Waals surface area contributed by atoms with Gasteiger partial charge in [-0.05, 0) is 19.8 Å². The van der Waals surface area contributed by atoms with Gasteiger partial charge in [0.1, 0.15) is 6.10 Å². The Balaban J connectivity index is 2.02. The molecule has 18 heavy (non-hydrogen) atoms. The molecule has 0 bridgehead atoms. The number of fused-ring (bicyclic) bond motifs is 3. The lowest BCUT2D eigenvalue weighted by Gasteiger charge is -2.28. The van der Waals surface area contributed by atoms with Gasteiger partial charge in [-0.15, -0.1) is 0 Å². The lowest BCUT2D eigenvalue weighted by atomic mass is 9.80. The van der Waals surface area contributed by atoms with E-state index in [4.69, 9.17) is 4.74 Å². The average Bonchev–Trinajstić information content (AvgIpc) is 2.68. The van der Waals surface area contributed by atoms with Crippen LogP contribution in [0.2, 0.25) is 0 Å². The van der Waals surface area contributed by atoms with E-state index in [-0.39, 0.29) is 29.8 Å². The fourth-order valence-corrected chi connectivity index (χ4v) is 3.74. The number of ether oxygens (including phenoxy) is 1. The molecule has 1 heterocycles. The minimum Gasteiger partial charge on any atom is -0.458 e. The molecule has 0 aromatic rings. The second-order valence-corrected chi connectivity index (χ2v) is 5.65. The van der Waals surface area contributed by atoms with Crippen molar-refractivity contribution in [2.24, 2.45) is 17.8 Å². The number of carbonyl (C=O) groups excluding carboxylic acids is 1. The van der Waals surface area contributed by atoms with Crippen LogP contribution in [0.4, 0.5) is 0 Å². The first-order valence-corrected chi connectivity index (χ1v) is 6.44. The molecule has 1 aliphatic heterocycles. The SMILES string of the molecule is C=C1CC[C@H]2C(=C)C(=O)O[C@@H]2[C@H]2C(C)=C[C@H](O)[C@@H]12. The Labute approximate surface area is 107 Å². The molecule has 0 unspecified atom stereocenters. The molecule has 5 atom stereocenters. The summed E-state index contributed by atoms with van der Waals surface area (Å²) in [7, 11) is 0. The molecule has 3 heteroatoms. The van der Waals surface area contributed by atoms with Crippen molar-refractivity contribution in [3.8, 4) is 0 Å². The van der Waals surface area contributed by atoms with Crippen LogP contribution in [0, 0.1) is 17.8 Å². The molecule has 3 aliphatic rings. The number of carbonyl (C=O) groups is 1. The number of aliphatic hydroxyl groups excluding tert-OH is 1. The Morgan fingerprint density at radius 2 is 2.11 bits per heavy atom. The van der Waals surface area contributed by atoms with E-state index in [2.05, 4.69) is 13.2 Å². The third-order valence-corrected chi connectivity index (χ3v) is 4.67. The molecular weight excluding hydrogens is 228 g/mol. The lowest BCUT2D eigenvalue weighted by molar-refractivity contribution is -0.141. The van der Waals surface area contributed by atoms with Crippen molar-refractivity contribution in [1.29, 1.82) is 0 Å². The third-order valence-electron chi connectivity index (χ3n) is 4.67. The van der Waals surface area contributed by atoms with E-state index in [1.54, 1.807) is 0 Å². The summed E-state index contributed by atoms with van der Waals surface area (Å²) in [6.45, 7) is 9.97. The van der Waals surface area contributed by atoms with Crippen LogP contribution in [0.25, 0.3) is 0 Å². The van der Waals surface area contributed by atoms with Crippen molar-refractivity contribution in [1.82, 2.24) is 0 Å². The van der Waals surface area contributed by atoms with Crippen molar-refractivity contribution >= 4 is 5.97 Å². The van der Waals surface area contributed by atoms with Gasteiger partial charge in [0.2, 0.25) is 0 Å². The molecule has 0 radical (unpaired) electrons. The van der Waals surface area contributed by atoms with Crippen molar-refractivity contribution in [3.63, 3.8) is 0 Å². The number of hydrogen-bond donors (Lipinski definition) is 1. The molecule has 1 saturated heterocycles. The molecule has 3 rings (SSSR count). The van der Waals surface area contributed by atoms with E-state index in [0.29, 0.717) is 5.57 Å². The highest BCUT2D eigenvalue weighted by Crippen LogP contribution is 2.50. The molecule has 0 aromatic carbocycles. The summed E-state index contributed by atoms with van der Waals surface area (Å²) in [4.78, 5) is 11.7. The summed E-state index contributed by atoms with van der Waals surface area (Å²) in [5, 5.41) is 10.1. The number of esters is 1. The van der Waals surface area contributed by atoms with Crippen molar-refractivity contribution in [2.75, 3.05) is 0 Å². The van der Waals surface area contributed by atoms with Crippen LogP contribution in [-0.4, -0.2) is 23.3 Å². The van der Waals surface area contributed by atoms with Crippen LogP contribution >= 0.6 is 0 Å². The summed E-state index contributed by atoms with van der Waals surface area (Å²) in [6, 6.07) is 0. The van der Waals surface area contributed by atoms with Gasteiger partial charge in [0.15, 0.2) is 0 Å². The van der Waals surface area contributed by atoms with E-state index in [9.17, 15) is 9.90 Å². The lowest BCUT2D eigenvalue weighted by Crippen LogP contribution is -2.32. The predicted molar refractivity (Wildman–Crippen MR) is 67.6 cm³/mol. The van der Waals surface area contributed by atoms with Crippen molar-refractivity contribution < 1.29 is 14.6 Å². The van der Waals surface area contributed by atoms with Crippen LogP contribution < -0.4 is 0 Å². The first kappa shape index (κ1) is 11.7. The maximum Gasteiger partial charge on any atom is 0.334 e. The summed E-state index contributed by atoms with van der Waals surface area (Å²) in [6.07, 6.45) is 2.89. The smallest absolute Gasteiger partial charge is 0.334 e. The molecule has 1 saturated carbocycles. The van der Waals surface area contributed by atoms with Crippen LogP contribution in [0.5, 0.6) is 0 Å². The largest absolute Gasteiger partial charge is 0.458 e. The summed E-state index contributed by atoms with van der Waals surface area (Å²) < 4.78 is 5.51. The molecule has 1 N–H and O–H groups in total. The van der Waals surface area contributed by atoms with Crippen molar-refractivity contribution in [2.45, 2.75) is 32.0 Å². The fraction of sp³-hybridized carbons (Fsp3) is 0.533. The van der Waals surface area contributed by atoms with Crippen LogP contribution in [0.3, 0.4) is 0 Å². The minimum atomic E-state index is -0.492. The molecular formula is C15H18O3. The monoisotopic (exact) mass is 246 g/mol. The third kappa shape index (κ3) is 1.43. The van der Waals surface area contributed by atoms with Gasteiger partial charge in [0.25, 0.3) is 0 Å². The molecule has 3 nitrogen and oxygen atoms in total. The Bertz CT molecular complexity index is 474. The van der Waals surface area contributed by atoms with Gasteiger partial charge >= 0.3 is 5.97 Å². The normalized spacial score (nSPS) is 43.1. The topological polar surface area (TPSA) is 46.5 Å². The Morgan fingerprint density at radius 3 is 2.83 bits per heavy atom. The van der Waals surface area contributed by atoms with Gasteiger partial charge in [-0.2, -0.15) is 0 Å². The summed E-state index contributed by atoms with van der Waals surface area (Å²) >= 11 is 0. The zero-order valence-electron chi connectivity index (χ0n) is 10.6. The van der Waals surface area contributed by atoms with E-state index >= 15 is 0 Å². The molecule has 0 amide bonds. The first-order chi connectivity index (χ1) is 8.50. The Kier molecular flexibility index (Phi) is 2.49. The highest BCUT2D eigenvalue weighted by molar-refractivity contribution is 5.91. The maximum atomic E-state index is 11.7. The van der Waals surface area contributed by atoms with Crippen LogP contribution in [0.15, 0.2) is 36.0 Å². The summed E-state index contributed by atoms with van der Waals surface area (Å²) in [5.74, 6) is -0.120. The highest BCUT2D eigenvalue weighted by Gasteiger charge is 2.51. The zero-order chi connectivity index (χ0) is 13.0. The molecule has 2 aliphatic carbocycles. The summed E-state index contributed by atoms with van der Waals surface area (Å²) in [5.41, 5.74) is 2.76. The Hall–Kier alpha value is -1.35. The van der Waals surface area contributed by atoms with Crippen LogP contribution in [0.1, 0.15) is 19.8 Å². The minimum absolute atomic E-state index is 0.00120. The van der Waals surface area contributed by atoms with Gasteiger partial charge in [0, 0.05) is 23.3 Å². The van der Waals surface area contributed by atoms with E-state index in [0.717, 1.165) is 24.0 Å². The standard InChI is InChI=1S/C15H18O3/c1-7-4-5-10-9(3)15(17)18-14(10)13-8(2)6-11(16)12(7)13/h6,10-14,16H,1,3-5H2,2H3/t10-,11-,12+,13-,14-/m0/s1. The van der Waals surface area contributed by atoms with Crippen molar-refractivity contribution in [3.05, 3.63) is 36.0 Å². The highest BCUT2D eigenvalue weighted by atomic mass is 16.6. The molecule has 0 aromatic heterocycles. The van der Waals surface area contributed by atoms with Gasteiger partial charge in [-0.3, -0.25) is 0 Å². The predicted octanol–water partition coefficient (Wildman–Crippen LogP) is 1.99. The fourth-order valence-electron chi connectivity index (χ4n) is 3.74. The average molecular weight is 246 g/mol. The molecule has 2 fully saturated rings. The molecule has 0 spiro atoms. The van der Waals surface area contributed by atoms with Crippen LogP contribution in [-0.2, 0) is 9.53 Å². The van der Waals surface area contributed by atoms with Gasteiger partial charge in [-0.1, -0.05) is 30.4 Å². The second kappa shape index (κ2) is 3.82.